The molecule has 0 aliphatic carbocycles. The van der Waals surface area contributed by atoms with Crippen molar-refractivity contribution in [2.45, 2.75) is 29.6 Å². The summed E-state index contributed by atoms with van der Waals surface area (Å²) in [5, 5.41) is 3.26. The van der Waals surface area contributed by atoms with Crippen LogP contribution in [0.25, 0.3) is 10.8 Å². The fourth-order valence-electron chi connectivity index (χ4n) is 3.55. The minimum absolute atomic E-state index is 0.135. The molecular formula is C26H25NO2SSe. The first-order valence-electron chi connectivity index (χ1n) is 10.2. The Labute approximate surface area is 190 Å². The third-order valence-electron chi connectivity index (χ3n) is 5.17. The topological polar surface area (TPSA) is 46.2 Å². The van der Waals surface area contributed by atoms with Gasteiger partial charge in [-0.1, -0.05) is 0 Å². The summed E-state index contributed by atoms with van der Waals surface area (Å²) in [6.07, 6.45) is 0.665. The molecule has 158 valence electrons. The Bertz CT molecular complexity index is 1250. The van der Waals surface area contributed by atoms with Crippen molar-refractivity contribution < 1.29 is 8.42 Å². The van der Waals surface area contributed by atoms with Gasteiger partial charge in [-0.2, -0.15) is 0 Å². The number of aryl methyl sites for hydroxylation is 1. The second-order valence-electron chi connectivity index (χ2n) is 7.61. The van der Waals surface area contributed by atoms with Crippen LogP contribution in [0.2, 0.25) is 5.32 Å². The van der Waals surface area contributed by atoms with Gasteiger partial charge in [0, 0.05) is 0 Å². The quantitative estimate of drug-likeness (QED) is 0.367. The molecule has 5 heteroatoms. The van der Waals surface area contributed by atoms with E-state index in [1.54, 1.807) is 12.1 Å². The predicted octanol–water partition coefficient (Wildman–Crippen LogP) is 4.49. The molecular weight excluding hydrogens is 469 g/mol. The predicted molar refractivity (Wildman–Crippen MR) is 130 cm³/mol. The van der Waals surface area contributed by atoms with Crippen LogP contribution in [0.15, 0.2) is 102 Å². The number of hydrogen-bond acceptors (Lipinski definition) is 2. The zero-order valence-corrected chi connectivity index (χ0v) is 19.9. The van der Waals surface area contributed by atoms with Crippen LogP contribution in [0.4, 0.5) is 0 Å². The fourth-order valence-corrected chi connectivity index (χ4v) is 7.33. The number of nitrogens with one attached hydrogen (secondary N) is 1. The Hall–Kier alpha value is -2.43. The summed E-state index contributed by atoms with van der Waals surface area (Å²) in [5.41, 5.74) is 2.17. The van der Waals surface area contributed by atoms with E-state index < -0.39 is 10.0 Å². The standard InChI is InChI=1S/C26H25NO2SSe/c1-20-14-16-24(17-15-20)30(28,29)27-23(18-21-8-3-2-4-9-21)19-31-26-13-7-11-22-10-5-6-12-25(22)26/h2-17,23,27H,18-19H2,1H3/t23-/m0/s1. The molecule has 0 heterocycles. The number of benzene rings is 4. The SMILES string of the molecule is Cc1ccc(S(=O)(=O)N[C@H](C[Se]c2cccc3ccccc23)Cc2ccccc2)cc1. The van der Waals surface area contributed by atoms with E-state index in [1.165, 1.54) is 15.2 Å². The van der Waals surface area contributed by atoms with Crippen molar-refractivity contribution in [3.05, 3.63) is 108 Å². The molecule has 0 radical (unpaired) electrons. The van der Waals surface area contributed by atoms with Crippen molar-refractivity contribution in [1.82, 2.24) is 4.72 Å². The van der Waals surface area contributed by atoms with Crippen molar-refractivity contribution >= 4 is 40.2 Å². The van der Waals surface area contributed by atoms with Gasteiger partial charge in [-0.3, -0.25) is 0 Å². The average molecular weight is 495 g/mol. The van der Waals surface area contributed by atoms with Crippen LogP contribution in [0.3, 0.4) is 0 Å². The Kier molecular flexibility index (Phi) is 6.89. The second-order valence-corrected chi connectivity index (χ2v) is 11.6. The molecule has 4 aromatic rings. The molecule has 0 aromatic heterocycles. The van der Waals surface area contributed by atoms with Gasteiger partial charge in [0.15, 0.2) is 0 Å². The van der Waals surface area contributed by atoms with E-state index in [0.717, 1.165) is 16.4 Å². The van der Waals surface area contributed by atoms with Gasteiger partial charge in [0.2, 0.25) is 0 Å². The summed E-state index contributed by atoms with van der Waals surface area (Å²) in [4.78, 5) is 0.314. The van der Waals surface area contributed by atoms with Crippen LogP contribution in [-0.2, 0) is 16.4 Å². The molecule has 0 spiro atoms. The molecule has 0 bridgehead atoms. The zero-order valence-electron chi connectivity index (χ0n) is 17.4. The zero-order chi connectivity index (χ0) is 21.7. The van der Waals surface area contributed by atoms with E-state index in [1.807, 2.05) is 43.3 Å². The molecule has 0 saturated carbocycles. The number of rotatable bonds is 8. The van der Waals surface area contributed by atoms with Gasteiger partial charge < -0.3 is 0 Å². The van der Waals surface area contributed by atoms with Gasteiger partial charge in [-0.15, -0.1) is 0 Å². The minimum atomic E-state index is -3.58. The summed E-state index contributed by atoms with van der Waals surface area (Å²) < 4.78 is 30.4. The van der Waals surface area contributed by atoms with Crippen molar-refractivity contribution in [1.29, 1.82) is 0 Å². The second kappa shape index (κ2) is 9.80. The summed E-state index contributed by atoms with van der Waals surface area (Å²) in [7, 11) is -3.58. The molecule has 1 atom stereocenters. The molecule has 31 heavy (non-hydrogen) atoms. The van der Waals surface area contributed by atoms with E-state index in [4.69, 9.17) is 0 Å². The molecule has 0 fully saturated rings. The van der Waals surface area contributed by atoms with Crippen LogP contribution in [-0.4, -0.2) is 29.4 Å². The average Bonchev–Trinajstić information content (AvgIpc) is 2.78. The normalized spacial score (nSPS) is 12.7. The summed E-state index contributed by atoms with van der Waals surface area (Å²) in [6, 6.07) is 31.7. The summed E-state index contributed by atoms with van der Waals surface area (Å²) in [6.45, 7) is 1.95. The van der Waals surface area contributed by atoms with Gasteiger partial charge in [0.05, 0.1) is 0 Å². The van der Waals surface area contributed by atoms with E-state index in [-0.39, 0.29) is 21.0 Å². The molecule has 4 aromatic carbocycles. The first-order chi connectivity index (χ1) is 15.0. The van der Waals surface area contributed by atoms with Crippen molar-refractivity contribution in [3.8, 4) is 0 Å². The third kappa shape index (κ3) is 5.63. The molecule has 0 aliphatic rings. The molecule has 1 N–H and O–H groups in total. The van der Waals surface area contributed by atoms with E-state index in [9.17, 15) is 8.42 Å². The Balaban J connectivity index is 1.57. The van der Waals surface area contributed by atoms with Crippen LogP contribution in [0, 0.1) is 6.92 Å². The van der Waals surface area contributed by atoms with Crippen LogP contribution >= 0.6 is 0 Å². The first kappa shape index (κ1) is 21.8. The van der Waals surface area contributed by atoms with Crippen molar-refractivity contribution in [2.24, 2.45) is 0 Å². The van der Waals surface area contributed by atoms with E-state index in [0.29, 0.717) is 11.3 Å². The first-order valence-corrected chi connectivity index (χ1v) is 13.8. The summed E-state index contributed by atoms with van der Waals surface area (Å²) in [5.74, 6) is 0. The van der Waals surface area contributed by atoms with Crippen LogP contribution in [0.5, 0.6) is 0 Å². The fraction of sp³-hybridized carbons (Fsp3) is 0.154. The van der Waals surface area contributed by atoms with Gasteiger partial charge in [0.1, 0.15) is 0 Å². The Morgan fingerprint density at radius 2 is 1.48 bits per heavy atom. The van der Waals surface area contributed by atoms with Crippen molar-refractivity contribution in [3.63, 3.8) is 0 Å². The summed E-state index contributed by atoms with van der Waals surface area (Å²) >= 11 is 0.135. The third-order valence-corrected chi connectivity index (χ3v) is 9.30. The number of hydrogen-bond donors (Lipinski definition) is 1. The maximum atomic E-state index is 13.1. The molecule has 4 rings (SSSR count). The van der Waals surface area contributed by atoms with Crippen molar-refractivity contribution in [2.75, 3.05) is 0 Å². The molecule has 3 nitrogen and oxygen atoms in total. The van der Waals surface area contributed by atoms with Gasteiger partial charge in [-0.25, -0.2) is 0 Å². The van der Waals surface area contributed by atoms with Crippen LogP contribution < -0.4 is 9.18 Å². The number of fused-ring (bicyclic) bond motifs is 1. The molecule has 0 aliphatic heterocycles. The van der Waals surface area contributed by atoms with E-state index in [2.05, 4.69) is 53.3 Å². The Morgan fingerprint density at radius 3 is 2.26 bits per heavy atom. The monoisotopic (exact) mass is 495 g/mol. The van der Waals surface area contributed by atoms with Gasteiger partial charge in [-0.05, 0) is 0 Å². The molecule has 0 unspecified atom stereocenters. The van der Waals surface area contributed by atoms with E-state index >= 15 is 0 Å². The van der Waals surface area contributed by atoms with Crippen LogP contribution in [0.1, 0.15) is 11.1 Å². The number of sulfonamides is 1. The molecule has 0 amide bonds. The van der Waals surface area contributed by atoms with Gasteiger partial charge in [0.25, 0.3) is 0 Å². The maximum absolute atomic E-state index is 13.1. The Morgan fingerprint density at radius 1 is 0.806 bits per heavy atom. The molecule has 0 saturated heterocycles. The van der Waals surface area contributed by atoms with Gasteiger partial charge >= 0.3 is 191 Å².